The minimum absolute atomic E-state index is 0.0529. The van der Waals surface area contributed by atoms with E-state index in [2.05, 4.69) is 13.5 Å². The van der Waals surface area contributed by atoms with Gasteiger partial charge in [0.05, 0.1) is 12.7 Å². The molecule has 3 atom stereocenters. The Morgan fingerprint density at radius 1 is 0.882 bits per heavy atom. The Morgan fingerprint density at radius 3 is 1.74 bits per heavy atom. The predicted octanol–water partition coefficient (Wildman–Crippen LogP) is 6.38. The van der Waals surface area contributed by atoms with Crippen LogP contribution in [0.15, 0.2) is 12.2 Å². The Morgan fingerprint density at radius 2 is 1.35 bits per heavy atom. The van der Waals surface area contributed by atoms with Crippen LogP contribution in [0.3, 0.4) is 0 Å². The highest BCUT2D eigenvalue weighted by molar-refractivity contribution is 5.89. The third-order valence-corrected chi connectivity index (χ3v) is 6.31. The van der Waals surface area contributed by atoms with Crippen LogP contribution in [0.2, 0.25) is 0 Å². The zero-order chi connectivity index (χ0) is 25.8. The van der Waals surface area contributed by atoms with E-state index >= 15 is 0 Å². The summed E-state index contributed by atoms with van der Waals surface area (Å²) in [4.78, 5) is 24.9. The number of unbranched alkanes of at least 4 members (excludes halogenated alkanes) is 12. The van der Waals surface area contributed by atoms with Gasteiger partial charge < -0.3 is 20.3 Å². The Kier molecular flexibility index (Phi) is 19.0. The summed E-state index contributed by atoms with van der Waals surface area (Å²) in [6, 6.07) is 0. The summed E-state index contributed by atoms with van der Waals surface area (Å²) in [5.41, 5.74) is 4.60. The molecule has 0 aromatic carbocycles. The van der Waals surface area contributed by atoms with Crippen LogP contribution >= 0.6 is 0 Å². The summed E-state index contributed by atoms with van der Waals surface area (Å²) in [6.07, 6.45) is 16.0. The van der Waals surface area contributed by atoms with Crippen LogP contribution in [0.25, 0.3) is 0 Å². The van der Waals surface area contributed by atoms with Gasteiger partial charge in [0.25, 0.3) is 5.91 Å². The van der Waals surface area contributed by atoms with Gasteiger partial charge in [-0.2, -0.15) is 0 Å². The molecule has 0 heterocycles. The Bertz CT molecular complexity index is 563. The molecule has 0 saturated heterocycles. The lowest BCUT2D eigenvalue weighted by Crippen LogP contribution is -2.57. The van der Waals surface area contributed by atoms with E-state index < -0.39 is 29.7 Å². The average molecular weight is 484 g/mol. The van der Waals surface area contributed by atoms with Gasteiger partial charge in [0, 0.05) is 5.57 Å². The second kappa shape index (κ2) is 19.9. The lowest BCUT2D eigenvalue weighted by Gasteiger charge is -2.38. The van der Waals surface area contributed by atoms with Gasteiger partial charge in [-0.25, -0.2) is 4.79 Å². The molecule has 0 aliphatic rings. The van der Waals surface area contributed by atoms with E-state index in [4.69, 9.17) is 15.2 Å². The van der Waals surface area contributed by atoms with Crippen molar-refractivity contribution in [2.75, 3.05) is 6.61 Å². The molecule has 200 valence electrons. The van der Waals surface area contributed by atoms with Crippen molar-refractivity contribution in [3.63, 3.8) is 0 Å². The van der Waals surface area contributed by atoms with Crippen LogP contribution in [-0.2, 0) is 19.1 Å². The number of ether oxygens (including phenoxy) is 2. The maximum atomic E-state index is 12.6. The number of hydrogen-bond acceptors (Lipinski definition) is 5. The largest absolute Gasteiger partial charge is 0.455 e. The van der Waals surface area contributed by atoms with Crippen molar-refractivity contribution >= 4 is 11.9 Å². The first-order chi connectivity index (χ1) is 16.2. The minimum atomic E-state index is -1.45. The quantitative estimate of drug-likeness (QED) is 0.0998. The van der Waals surface area contributed by atoms with Crippen molar-refractivity contribution in [3.8, 4) is 0 Å². The minimum Gasteiger partial charge on any atom is -0.455 e. The number of primary amides is 1. The highest BCUT2D eigenvalue weighted by atomic mass is 16.6. The van der Waals surface area contributed by atoms with E-state index in [9.17, 15) is 14.7 Å². The van der Waals surface area contributed by atoms with Crippen LogP contribution in [0, 0.1) is 0 Å². The van der Waals surface area contributed by atoms with Crippen LogP contribution in [-0.4, -0.2) is 41.4 Å². The van der Waals surface area contributed by atoms with Crippen molar-refractivity contribution in [2.24, 2.45) is 5.73 Å². The molecule has 6 nitrogen and oxygen atoms in total. The van der Waals surface area contributed by atoms with Crippen LogP contribution < -0.4 is 5.73 Å². The number of rotatable bonds is 23. The van der Waals surface area contributed by atoms with Gasteiger partial charge in [-0.05, 0) is 33.1 Å². The molecule has 0 fully saturated rings. The van der Waals surface area contributed by atoms with Gasteiger partial charge in [0.2, 0.25) is 0 Å². The summed E-state index contributed by atoms with van der Waals surface area (Å²) in [5, 5.41) is 9.72. The molecule has 3 N–H and O–H groups in total. The average Bonchev–Trinajstić information content (AvgIpc) is 2.78. The molecule has 0 aliphatic carbocycles. The van der Waals surface area contributed by atoms with Crippen molar-refractivity contribution in [1.82, 2.24) is 0 Å². The predicted molar refractivity (Wildman–Crippen MR) is 139 cm³/mol. The number of carbonyl (C=O) groups excluding carboxylic acids is 2. The lowest BCUT2D eigenvalue weighted by atomic mass is 9.86. The maximum absolute atomic E-state index is 12.6. The summed E-state index contributed by atoms with van der Waals surface area (Å²) in [6.45, 7) is 10.9. The molecule has 6 heteroatoms. The Hall–Kier alpha value is -1.40. The van der Waals surface area contributed by atoms with Gasteiger partial charge in [-0.3, -0.25) is 4.79 Å². The molecular weight excluding hydrogens is 430 g/mol. The molecule has 0 saturated carbocycles. The first-order valence-electron chi connectivity index (χ1n) is 13.7. The van der Waals surface area contributed by atoms with Crippen molar-refractivity contribution in [3.05, 3.63) is 12.2 Å². The monoisotopic (exact) mass is 483 g/mol. The van der Waals surface area contributed by atoms with Crippen molar-refractivity contribution in [2.45, 2.75) is 148 Å². The summed E-state index contributed by atoms with van der Waals surface area (Å²) < 4.78 is 11.6. The van der Waals surface area contributed by atoms with Gasteiger partial charge >= 0.3 is 5.97 Å². The number of amides is 1. The van der Waals surface area contributed by atoms with E-state index in [0.717, 1.165) is 19.3 Å². The molecule has 0 spiro atoms. The summed E-state index contributed by atoms with van der Waals surface area (Å²) in [5.74, 6) is -1.22. The van der Waals surface area contributed by atoms with Gasteiger partial charge in [0.1, 0.15) is 6.10 Å². The first-order valence-corrected chi connectivity index (χ1v) is 13.7. The molecule has 0 aliphatic heterocycles. The molecule has 34 heavy (non-hydrogen) atoms. The number of nitrogens with two attached hydrogens (primary N) is 1. The molecular formula is C28H53NO5. The number of aliphatic hydroxyl groups excluding tert-OH is 1. The van der Waals surface area contributed by atoms with Gasteiger partial charge in [-0.15, -0.1) is 0 Å². The van der Waals surface area contributed by atoms with E-state index in [1.807, 2.05) is 6.92 Å². The second-order valence-electron chi connectivity index (χ2n) is 9.87. The molecule has 1 amide bonds. The number of esters is 1. The van der Waals surface area contributed by atoms with Crippen molar-refractivity contribution in [1.29, 1.82) is 0 Å². The van der Waals surface area contributed by atoms with Gasteiger partial charge in [0.15, 0.2) is 5.60 Å². The fourth-order valence-corrected chi connectivity index (χ4v) is 4.28. The zero-order valence-electron chi connectivity index (χ0n) is 22.5. The maximum Gasteiger partial charge on any atom is 0.333 e. The number of aliphatic hydroxyl groups is 1. The number of hydrogen-bond donors (Lipinski definition) is 2. The van der Waals surface area contributed by atoms with Crippen molar-refractivity contribution < 1.29 is 24.2 Å². The molecule has 0 aromatic rings. The van der Waals surface area contributed by atoms with Gasteiger partial charge in [-0.1, -0.05) is 104 Å². The summed E-state index contributed by atoms with van der Waals surface area (Å²) in [7, 11) is 0. The fraction of sp³-hybridized carbons (Fsp3) is 0.857. The van der Waals surface area contributed by atoms with Crippen LogP contribution in [0.1, 0.15) is 130 Å². The smallest absolute Gasteiger partial charge is 0.333 e. The highest BCUT2D eigenvalue weighted by Gasteiger charge is 2.47. The fourth-order valence-electron chi connectivity index (χ4n) is 4.28. The SMILES string of the molecule is C=C(C)C(=O)OC(CCCCCCCCCCCCCCC)C(CCC)(OCC(C)O)C(N)=O. The molecule has 0 bridgehead atoms. The van der Waals surface area contributed by atoms with Crippen LogP contribution in [0.4, 0.5) is 0 Å². The molecule has 0 aromatic heterocycles. The zero-order valence-corrected chi connectivity index (χ0v) is 22.5. The van der Waals surface area contributed by atoms with E-state index in [0.29, 0.717) is 19.3 Å². The standard InChI is InChI=1S/C28H53NO5/c1-6-8-9-10-11-12-13-14-15-16-17-18-19-20-25(34-26(31)23(3)4)28(21-7-2,27(29)32)33-22-24(5)30/h24-25,30H,3,6-22H2,1-2,4-5H3,(H2,29,32). The second-order valence-corrected chi connectivity index (χ2v) is 9.87. The first kappa shape index (κ1) is 32.6. The Balaban J connectivity index is 4.66. The topological polar surface area (TPSA) is 98.8 Å². The molecule has 3 unspecified atom stereocenters. The van der Waals surface area contributed by atoms with E-state index in [1.165, 1.54) is 64.2 Å². The van der Waals surface area contributed by atoms with Crippen LogP contribution in [0.5, 0.6) is 0 Å². The number of carbonyl (C=O) groups is 2. The summed E-state index contributed by atoms with van der Waals surface area (Å²) >= 11 is 0. The third kappa shape index (κ3) is 14.1. The highest BCUT2D eigenvalue weighted by Crippen LogP contribution is 2.30. The molecule has 0 radical (unpaired) electrons. The van der Waals surface area contributed by atoms with E-state index in [-0.39, 0.29) is 12.2 Å². The third-order valence-electron chi connectivity index (χ3n) is 6.31. The normalized spacial score (nSPS) is 14.9. The Labute approximate surface area is 209 Å². The lowest BCUT2D eigenvalue weighted by molar-refractivity contribution is -0.185. The molecule has 0 rings (SSSR count). The van der Waals surface area contributed by atoms with E-state index in [1.54, 1.807) is 13.8 Å².